The average Bonchev–Trinajstić information content (AvgIpc) is 2.75. The fourth-order valence-electron chi connectivity index (χ4n) is 4.50. The van der Waals surface area contributed by atoms with Crippen molar-refractivity contribution < 1.29 is 22.7 Å². The molecule has 1 atom stereocenters. The molecule has 4 rings (SSSR count). The second-order valence-electron chi connectivity index (χ2n) is 8.11. The van der Waals surface area contributed by atoms with Crippen molar-refractivity contribution in [2.45, 2.75) is 51.4 Å². The average molecular weight is 466 g/mol. The van der Waals surface area contributed by atoms with E-state index in [9.17, 15) is 23.1 Å². The van der Waals surface area contributed by atoms with Crippen molar-refractivity contribution in [3.05, 3.63) is 63.0 Å². The number of nitrogens with zero attached hydrogens (tertiary/aromatic N) is 1. The summed E-state index contributed by atoms with van der Waals surface area (Å²) < 4.78 is 47.4. The molecule has 0 radical (unpaired) electrons. The Morgan fingerprint density at radius 2 is 2.00 bits per heavy atom. The quantitative estimate of drug-likeness (QED) is 0.471. The molecule has 0 saturated carbocycles. The van der Waals surface area contributed by atoms with Crippen molar-refractivity contribution in [1.82, 2.24) is 4.90 Å². The van der Waals surface area contributed by atoms with Gasteiger partial charge < -0.3 is 9.52 Å². The van der Waals surface area contributed by atoms with E-state index in [1.165, 1.54) is 36.4 Å². The van der Waals surface area contributed by atoms with Gasteiger partial charge >= 0.3 is 6.18 Å². The summed E-state index contributed by atoms with van der Waals surface area (Å²) in [5.41, 5.74) is -1.41. The molecule has 32 heavy (non-hydrogen) atoms. The number of phenols is 1. The first-order valence-corrected chi connectivity index (χ1v) is 11.0. The van der Waals surface area contributed by atoms with Gasteiger partial charge in [-0.25, -0.2) is 0 Å². The summed E-state index contributed by atoms with van der Waals surface area (Å²) in [6.45, 7) is 3.04. The second-order valence-corrected chi connectivity index (χ2v) is 8.55. The van der Waals surface area contributed by atoms with Crippen LogP contribution >= 0.6 is 11.6 Å². The molecule has 1 aliphatic rings. The number of fused-ring (bicyclic) bond motifs is 1. The first kappa shape index (κ1) is 22.7. The van der Waals surface area contributed by atoms with Crippen LogP contribution in [-0.2, 0) is 12.7 Å². The van der Waals surface area contributed by atoms with Gasteiger partial charge in [-0.1, -0.05) is 37.1 Å². The van der Waals surface area contributed by atoms with Gasteiger partial charge in [-0.3, -0.25) is 9.69 Å². The van der Waals surface area contributed by atoms with Crippen LogP contribution in [0.4, 0.5) is 13.2 Å². The molecule has 3 aromatic rings. The van der Waals surface area contributed by atoms with Crippen LogP contribution in [0.2, 0.25) is 5.02 Å². The van der Waals surface area contributed by atoms with Crippen molar-refractivity contribution in [2.75, 3.05) is 6.54 Å². The maximum absolute atomic E-state index is 14.0. The Balaban J connectivity index is 1.95. The van der Waals surface area contributed by atoms with Crippen molar-refractivity contribution in [2.24, 2.45) is 0 Å². The smallest absolute Gasteiger partial charge is 0.450 e. The lowest BCUT2D eigenvalue weighted by atomic mass is 9.97. The minimum atomic E-state index is -4.91. The molecular formula is C24H23ClF3NO3. The molecule has 1 N–H and O–H groups in total. The summed E-state index contributed by atoms with van der Waals surface area (Å²) in [7, 11) is 0. The van der Waals surface area contributed by atoms with Crippen LogP contribution in [0.25, 0.3) is 22.1 Å². The van der Waals surface area contributed by atoms with E-state index >= 15 is 0 Å². The molecule has 1 aliphatic heterocycles. The van der Waals surface area contributed by atoms with Gasteiger partial charge in [-0.15, -0.1) is 0 Å². The second kappa shape index (κ2) is 8.79. The first-order chi connectivity index (χ1) is 15.2. The number of hydrogen-bond acceptors (Lipinski definition) is 4. The highest BCUT2D eigenvalue weighted by Gasteiger charge is 2.40. The molecule has 0 spiro atoms. The number of piperidine rings is 1. The molecule has 2 aromatic carbocycles. The predicted octanol–water partition coefficient (Wildman–Crippen LogP) is 6.60. The Labute approximate surface area is 188 Å². The van der Waals surface area contributed by atoms with E-state index in [0.29, 0.717) is 0 Å². The minimum absolute atomic E-state index is 0.00849. The molecule has 1 saturated heterocycles. The molecule has 8 heteroatoms. The van der Waals surface area contributed by atoms with Gasteiger partial charge in [0.15, 0.2) is 0 Å². The number of aromatic hydroxyl groups is 1. The molecule has 1 aromatic heterocycles. The Morgan fingerprint density at radius 3 is 2.69 bits per heavy atom. The van der Waals surface area contributed by atoms with E-state index in [2.05, 4.69) is 11.8 Å². The van der Waals surface area contributed by atoms with E-state index < -0.39 is 22.9 Å². The van der Waals surface area contributed by atoms with Gasteiger partial charge in [0.25, 0.3) is 0 Å². The standard InChI is InChI=1S/C24H23ClF3NO3/c1-2-16-8-3-4-11-29(16)13-18-19(30)10-9-17-21(31)20(14-6-5-7-15(25)12-14)23(24(26,27)28)32-22(17)18/h5-7,9-10,12,16,30H,2-4,8,11,13H2,1H3/t16-/m0/s1. The monoisotopic (exact) mass is 465 g/mol. The Morgan fingerprint density at radius 1 is 1.22 bits per heavy atom. The Bertz CT molecular complexity index is 1210. The number of phenolic OH excluding ortho intramolecular Hbond substituents is 1. The Hall–Kier alpha value is -2.51. The lowest BCUT2D eigenvalue weighted by Gasteiger charge is -2.35. The largest absolute Gasteiger partial charge is 0.507 e. The highest BCUT2D eigenvalue weighted by molar-refractivity contribution is 6.30. The van der Waals surface area contributed by atoms with Gasteiger partial charge in [-0.2, -0.15) is 13.2 Å². The molecule has 1 fully saturated rings. The number of halogens is 4. The van der Waals surface area contributed by atoms with Crippen LogP contribution in [0.15, 0.2) is 45.6 Å². The number of likely N-dealkylation sites (tertiary alicyclic amines) is 1. The van der Waals surface area contributed by atoms with E-state index in [1.807, 2.05) is 0 Å². The van der Waals surface area contributed by atoms with E-state index in [4.69, 9.17) is 16.0 Å². The fourth-order valence-corrected chi connectivity index (χ4v) is 4.69. The number of benzene rings is 2. The molecule has 0 bridgehead atoms. The van der Waals surface area contributed by atoms with Gasteiger partial charge in [0.05, 0.1) is 16.5 Å². The van der Waals surface area contributed by atoms with Gasteiger partial charge in [0, 0.05) is 17.6 Å². The fraction of sp³-hybridized carbons (Fsp3) is 0.375. The van der Waals surface area contributed by atoms with Crippen molar-refractivity contribution in [3.63, 3.8) is 0 Å². The lowest BCUT2D eigenvalue weighted by Crippen LogP contribution is -2.38. The molecule has 2 heterocycles. The summed E-state index contributed by atoms with van der Waals surface area (Å²) in [5.74, 6) is -1.58. The molecule has 170 valence electrons. The highest BCUT2D eigenvalue weighted by atomic mass is 35.5. The van der Waals surface area contributed by atoms with Crippen LogP contribution in [0.5, 0.6) is 5.75 Å². The zero-order valence-corrected chi connectivity index (χ0v) is 18.3. The van der Waals surface area contributed by atoms with Crippen molar-refractivity contribution in [1.29, 1.82) is 0 Å². The minimum Gasteiger partial charge on any atom is -0.507 e. The number of rotatable bonds is 4. The lowest BCUT2D eigenvalue weighted by molar-refractivity contribution is -0.152. The van der Waals surface area contributed by atoms with Crippen LogP contribution in [-0.4, -0.2) is 22.6 Å². The summed E-state index contributed by atoms with van der Waals surface area (Å²) in [6.07, 6.45) is -0.975. The van der Waals surface area contributed by atoms with Crippen LogP contribution in [0.1, 0.15) is 43.9 Å². The number of hydrogen-bond donors (Lipinski definition) is 1. The van der Waals surface area contributed by atoms with Gasteiger partial charge in [0.1, 0.15) is 11.3 Å². The van der Waals surface area contributed by atoms with E-state index in [-0.39, 0.29) is 45.5 Å². The normalized spacial score (nSPS) is 17.7. The summed E-state index contributed by atoms with van der Waals surface area (Å²) in [5, 5.41) is 10.7. The van der Waals surface area contributed by atoms with Crippen LogP contribution in [0.3, 0.4) is 0 Å². The molecule has 0 aliphatic carbocycles. The maximum atomic E-state index is 14.0. The Kier molecular flexibility index (Phi) is 6.23. The highest BCUT2D eigenvalue weighted by Crippen LogP contribution is 2.40. The SMILES string of the molecule is CC[C@H]1CCCCN1Cc1c(O)ccc2c(=O)c(-c3cccc(Cl)c3)c(C(F)(F)F)oc12. The molecule has 4 nitrogen and oxygen atoms in total. The number of alkyl halides is 3. The zero-order valence-electron chi connectivity index (χ0n) is 17.5. The summed E-state index contributed by atoms with van der Waals surface area (Å²) >= 11 is 5.96. The van der Waals surface area contributed by atoms with Crippen molar-refractivity contribution in [3.8, 4) is 16.9 Å². The molecule has 0 unspecified atom stereocenters. The summed E-state index contributed by atoms with van der Waals surface area (Å²) in [6, 6.07) is 8.59. The zero-order chi connectivity index (χ0) is 23.0. The maximum Gasteiger partial charge on any atom is 0.450 e. The third-order valence-corrected chi connectivity index (χ3v) is 6.33. The summed E-state index contributed by atoms with van der Waals surface area (Å²) in [4.78, 5) is 15.4. The predicted molar refractivity (Wildman–Crippen MR) is 118 cm³/mol. The van der Waals surface area contributed by atoms with Gasteiger partial charge in [-0.05, 0) is 55.6 Å². The third-order valence-electron chi connectivity index (χ3n) is 6.09. The molecular weight excluding hydrogens is 443 g/mol. The van der Waals surface area contributed by atoms with Crippen LogP contribution in [0, 0.1) is 0 Å². The topological polar surface area (TPSA) is 53.7 Å². The van der Waals surface area contributed by atoms with E-state index in [0.717, 1.165) is 32.2 Å². The van der Waals surface area contributed by atoms with Gasteiger partial charge in [0.2, 0.25) is 11.2 Å². The molecule has 0 amide bonds. The van der Waals surface area contributed by atoms with Crippen LogP contribution < -0.4 is 5.43 Å². The van der Waals surface area contributed by atoms with Crippen molar-refractivity contribution >= 4 is 22.6 Å². The van der Waals surface area contributed by atoms with E-state index in [1.54, 1.807) is 0 Å². The first-order valence-electron chi connectivity index (χ1n) is 10.6. The third kappa shape index (κ3) is 4.24.